The maximum absolute atomic E-state index is 12.7. The Balaban J connectivity index is 1.84. The highest BCUT2D eigenvalue weighted by Crippen LogP contribution is 2.31. The van der Waals surface area contributed by atoms with Gasteiger partial charge < -0.3 is 15.4 Å². The summed E-state index contributed by atoms with van der Waals surface area (Å²) < 4.78 is 5.50. The van der Waals surface area contributed by atoms with Gasteiger partial charge in [0.05, 0.1) is 29.0 Å². The molecule has 0 aliphatic heterocycles. The van der Waals surface area contributed by atoms with E-state index >= 15 is 0 Å². The van der Waals surface area contributed by atoms with E-state index in [0.717, 1.165) is 5.69 Å². The number of nitrogens with one attached hydrogen (secondary N) is 2. The van der Waals surface area contributed by atoms with Crippen molar-refractivity contribution in [3.05, 3.63) is 87.2 Å². The molecule has 31 heavy (non-hydrogen) atoms. The Labute approximate surface area is 184 Å². The monoisotopic (exact) mass is 440 g/mol. The number of hydrogen-bond donors (Lipinski definition) is 2. The van der Waals surface area contributed by atoms with Crippen molar-refractivity contribution in [2.24, 2.45) is 0 Å². The summed E-state index contributed by atoms with van der Waals surface area (Å²) in [7, 11) is 0. The summed E-state index contributed by atoms with van der Waals surface area (Å²) >= 11 is 6.02. The third kappa shape index (κ3) is 5.49. The highest BCUT2D eigenvalue weighted by atomic mass is 35.5. The number of amides is 1. The molecule has 0 radical (unpaired) electrons. The van der Waals surface area contributed by atoms with E-state index in [1.165, 1.54) is 18.2 Å². The minimum absolute atomic E-state index is 0.130. The fourth-order valence-electron chi connectivity index (χ4n) is 2.96. The molecule has 1 aromatic heterocycles. The molecule has 1 amide bonds. The van der Waals surface area contributed by atoms with Crippen molar-refractivity contribution in [3.63, 3.8) is 0 Å². The number of benzene rings is 2. The molecule has 1 unspecified atom stereocenters. The molecule has 0 aliphatic carbocycles. The fraction of sp³-hybridized carbons (Fsp3) is 0.182. The first-order valence-electron chi connectivity index (χ1n) is 9.58. The highest BCUT2D eigenvalue weighted by Gasteiger charge is 2.20. The summed E-state index contributed by atoms with van der Waals surface area (Å²) in [5, 5.41) is 17.8. The zero-order valence-electron chi connectivity index (χ0n) is 17.0. The van der Waals surface area contributed by atoms with Gasteiger partial charge >= 0.3 is 0 Å². The lowest BCUT2D eigenvalue weighted by atomic mass is 10.1. The van der Waals surface area contributed by atoms with E-state index in [-0.39, 0.29) is 23.0 Å². The van der Waals surface area contributed by atoms with E-state index in [9.17, 15) is 14.9 Å². The van der Waals surface area contributed by atoms with Crippen molar-refractivity contribution in [2.45, 2.75) is 19.9 Å². The van der Waals surface area contributed by atoms with Gasteiger partial charge in [-0.15, -0.1) is 0 Å². The number of carbonyl (C=O) groups excluding carboxylic acids is 1. The summed E-state index contributed by atoms with van der Waals surface area (Å²) in [6.45, 7) is 4.08. The first-order valence-corrected chi connectivity index (χ1v) is 9.96. The van der Waals surface area contributed by atoms with Crippen LogP contribution < -0.4 is 15.4 Å². The maximum Gasteiger partial charge on any atom is 0.293 e. The Bertz CT molecular complexity index is 1090. The van der Waals surface area contributed by atoms with Crippen LogP contribution in [-0.2, 0) is 0 Å². The van der Waals surface area contributed by atoms with Crippen LogP contribution in [0.3, 0.4) is 0 Å². The van der Waals surface area contributed by atoms with Crippen molar-refractivity contribution in [1.29, 1.82) is 0 Å². The van der Waals surface area contributed by atoms with Gasteiger partial charge in [-0.05, 0) is 56.3 Å². The number of halogens is 1. The number of pyridine rings is 1. The molecule has 0 aliphatic rings. The number of aromatic nitrogens is 1. The van der Waals surface area contributed by atoms with Gasteiger partial charge in [0.1, 0.15) is 11.4 Å². The molecule has 0 saturated carbocycles. The smallest absolute Gasteiger partial charge is 0.293 e. The molecule has 2 aromatic carbocycles. The van der Waals surface area contributed by atoms with Gasteiger partial charge in [0.15, 0.2) is 0 Å². The van der Waals surface area contributed by atoms with Crippen molar-refractivity contribution < 1.29 is 14.5 Å². The van der Waals surface area contributed by atoms with E-state index in [1.54, 1.807) is 30.5 Å². The molecule has 9 heteroatoms. The second-order valence-electron chi connectivity index (χ2n) is 6.64. The second-order valence-corrected chi connectivity index (χ2v) is 7.07. The first-order chi connectivity index (χ1) is 14.9. The van der Waals surface area contributed by atoms with Crippen LogP contribution in [0.25, 0.3) is 0 Å². The molecule has 0 bridgehead atoms. The van der Waals surface area contributed by atoms with E-state index in [2.05, 4.69) is 15.6 Å². The number of carbonyl (C=O) groups is 1. The SMILES string of the molecule is CCOc1ccc(Cl)cc1NC(=O)c1ccc(NC(C)c2ccccn2)c([N+](=O)[O-])c1. The van der Waals surface area contributed by atoms with Crippen LogP contribution in [0.1, 0.15) is 35.9 Å². The standard InChI is InChI=1S/C22H21ClN4O4/c1-3-31-21-10-8-16(23)13-19(21)26-22(28)15-7-9-18(20(12-15)27(29)30)25-14(2)17-6-4-5-11-24-17/h4-14,25H,3H2,1-2H3,(H,26,28). The van der Waals surface area contributed by atoms with Crippen LogP contribution in [0, 0.1) is 10.1 Å². The summed E-state index contributed by atoms with van der Waals surface area (Å²) in [5.41, 5.74) is 1.32. The van der Waals surface area contributed by atoms with Crippen molar-refractivity contribution in [1.82, 2.24) is 4.98 Å². The van der Waals surface area contributed by atoms with Gasteiger partial charge in [0, 0.05) is 22.8 Å². The van der Waals surface area contributed by atoms with Crippen molar-refractivity contribution >= 4 is 34.6 Å². The molecule has 3 rings (SSSR count). The van der Waals surface area contributed by atoms with Gasteiger partial charge in [-0.2, -0.15) is 0 Å². The molecule has 1 atom stereocenters. The summed E-state index contributed by atoms with van der Waals surface area (Å²) in [4.78, 5) is 28.1. The number of anilines is 2. The van der Waals surface area contributed by atoms with Crippen LogP contribution in [-0.4, -0.2) is 22.4 Å². The van der Waals surface area contributed by atoms with Crippen molar-refractivity contribution in [2.75, 3.05) is 17.2 Å². The van der Waals surface area contributed by atoms with Crippen LogP contribution >= 0.6 is 11.6 Å². The molecule has 8 nitrogen and oxygen atoms in total. The van der Waals surface area contributed by atoms with Gasteiger partial charge in [0.25, 0.3) is 11.6 Å². The summed E-state index contributed by atoms with van der Waals surface area (Å²) in [6.07, 6.45) is 1.65. The van der Waals surface area contributed by atoms with Gasteiger partial charge in [-0.3, -0.25) is 19.9 Å². The Hall–Kier alpha value is -3.65. The first kappa shape index (κ1) is 22.0. The molecule has 0 fully saturated rings. The lowest BCUT2D eigenvalue weighted by Crippen LogP contribution is -2.14. The highest BCUT2D eigenvalue weighted by molar-refractivity contribution is 6.31. The molecular formula is C22H21ClN4O4. The van der Waals surface area contributed by atoms with E-state index in [0.29, 0.717) is 23.1 Å². The quantitative estimate of drug-likeness (QED) is 0.355. The largest absolute Gasteiger partial charge is 0.492 e. The minimum Gasteiger partial charge on any atom is -0.492 e. The number of ether oxygens (including phenoxy) is 1. The molecule has 0 saturated heterocycles. The molecule has 2 N–H and O–H groups in total. The predicted octanol–water partition coefficient (Wildman–Crippen LogP) is 5.47. The summed E-state index contributed by atoms with van der Waals surface area (Å²) in [6, 6.07) is 14.3. The maximum atomic E-state index is 12.7. The molecule has 1 heterocycles. The zero-order chi connectivity index (χ0) is 22.4. The predicted molar refractivity (Wildman–Crippen MR) is 120 cm³/mol. The third-order valence-electron chi connectivity index (χ3n) is 4.45. The number of rotatable bonds is 8. The van der Waals surface area contributed by atoms with E-state index < -0.39 is 10.8 Å². The van der Waals surface area contributed by atoms with Crippen LogP contribution in [0.2, 0.25) is 5.02 Å². The molecule has 0 spiro atoms. The third-order valence-corrected chi connectivity index (χ3v) is 4.68. The molecule has 160 valence electrons. The fourth-order valence-corrected chi connectivity index (χ4v) is 3.13. The van der Waals surface area contributed by atoms with Crippen LogP contribution in [0.15, 0.2) is 60.8 Å². The van der Waals surface area contributed by atoms with Gasteiger partial charge in [-0.1, -0.05) is 17.7 Å². The summed E-state index contributed by atoms with van der Waals surface area (Å²) in [5.74, 6) is -0.0622. The second kappa shape index (κ2) is 9.90. The topological polar surface area (TPSA) is 106 Å². The van der Waals surface area contributed by atoms with Crippen LogP contribution in [0.5, 0.6) is 5.75 Å². The van der Waals surface area contributed by atoms with Gasteiger partial charge in [0.2, 0.25) is 0 Å². The average molecular weight is 441 g/mol. The van der Waals surface area contributed by atoms with E-state index in [4.69, 9.17) is 16.3 Å². The Kier molecular flexibility index (Phi) is 7.04. The number of nitro benzene ring substituents is 1. The normalized spacial score (nSPS) is 11.5. The molecule has 3 aromatic rings. The minimum atomic E-state index is -0.532. The number of nitrogens with zero attached hydrogens (tertiary/aromatic N) is 2. The average Bonchev–Trinajstić information content (AvgIpc) is 2.76. The Morgan fingerprint density at radius 2 is 2.00 bits per heavy atom. The Morgan fingerprint density at radius 3 is 2.68 bits per heavy atom. The zero-order valence-corrected chi connectivity index (χ0v) is 17.7. The van der Waals surface area contributed by atoms with Crippen molar-refractivity contribution in [3.8, 4) is 5.75 Å². The molecular weight excluding hydrogens is 420 g/mol. The van der Waals surface area contributed by atoms with Crippen LogP contribution in [0.4, 0.5) is 17.1 Å². The lowest BCUT2D eigenvalue weighted by molar-refractivity contribution is -0.384. The number of nitro groups is 1. The van der Waals surface area contributed by atoms with Gasteiger partial charge in [-0.25, -0.2) is 0 Å². The Morgan fingerprint density at radius 1 is 1.19 bits per heavy atom. The van der Waals surface area contributed by atoms with E-state index in [1.807, 2.05) is 26.0 Å². The number of hydrogen-bond acceptors (Lipinski definition) is 6. The lowest BCUT2D eigenvalue weighted by Gasteiger charge is -2.15.